The van der Waals surface area contributed by atoms with E-state index in [0.717, 1.165) is 17.7 Å². The van der Waals surface area contributed by atoms with E-state index in [1.807, 2.05) is 0 Å². The third-order valence-electron chi connectivity index (χ3n) is 4.43. The Morgan fingerprint density at radius 2 is 1.77 bits per heavy atom. The summed E-state index contributed by atoms with van der Waals surface area (Å²) < 4.78 is 44.9. The lowest BCUT2D eigenvalue weighted by Crippen LogP contribution is -2.16. The van der Waals surface area contributed by atoms with Crippen LogP contribution < -0.4 is 4.74 Å². The van der Waals surface area contributed by atoms with E-state index in [-0.39, 0.29) is 19.0 Å². The normalized spacial score (nSPS) is 12.0. The van der Waals surface area contributed by atoms with Crippen molar-refractivity contribution in [2.45, 2.75) is 19.7 Å². The molecule has 0 radical (unpaired) electrons. The van der Waals surface area contributed by atoms with Gasteiger partial charge in [0.05, 0.1) is 11.3 Å². The molecule has 0 amide bonds. The van der Waals surface area contributed by atoms with Crippen molar-refractivity contribution >= 4 is 11.5 Å². The first-order chi connectivity index (χ1) is 14.7. The molecule has 0 aliphatic carbocycles. The number of hydrogen-bond donors (Lipinski definition) is 0. The molecule has 0 saturated heterocycles. The van der Waals surface area contributed by atoms with Crippen LogP contribution in [0.5, 0.6) is 5.75 Å². The average Bonchev–Trinajstić information content (AvgIpc) is 3.18. The summed E-state index contributed by atoms with van der Waals surface area (Å²) in [5.41, 5.74) is 1.23. The van der Waals surface area contributed by atoms with Crippen LogP contribution >= 0.6 is 0 Å². The number of oxime groups is 1. The molecule has 9 heteroatoms. The van der Waals surface area contributed by atoms with Crippen molar-refractivity contribution < 1.29 is 27.5 Å². The number of benzene rings is 2. The Morgan fingerprint density at radius 3 is 2.35 bits per heavy atom. The molecule has 162 valence electrons. The van der Waals surface area contributed by atoms with E-state index in [1.165, 1.54) is 12.1 Å². The standard InChI is InChI=1S/C22H20F3N3O3/c1-15(27-31-13-16-3-7-18(8-4-16)22(23,24)25)17-5-9-19(10-6-17)30-14-20(29)21-26-11-12-28(21)2/h3-12H,13-14H2,1-2H3/b27-15+. The molecule has 31 heavy (non-hydrogen) atoms. The summed E-state index contributed by atoms with van der Waals surface area (Å²) in [4.78, 5) is 21.3. The topological polar surface area (TPSA) is 65.7 Å². The highest BCUT2D eigenvalue weighted by Gasteiger charge is 2.29. The number of halogens is 3. The molecule has 0 fully saturated rings. The molecule has 0 aliphatic rings. The Balaban J connectivity index is 1.51. The summed E-state index contributed by atoms with van der Waals surface area (Å²) in [5, 5.41) is 4.00. The number of rotatable bonds is 8. The van der Waals surface area contributed by atoms with Crippen molar-refractivity contribution in [2.75, 3.05) is 6.61 Å². The number of carbonyl (C=O) groups is 1. The number of hydrogen-bond acceptors (Lipinski definition) is 5. The maximum atomic E-state index is 12.6. The van der Waals surface area contributed by atoms with Gasteiger partial charge in [-0.15, -0.1) is 0 Å². The van der Waals surface area contributed by atoms with Gasteiger partial charge in [-0.05, 0) is 54.4 Å². The Morgan fingerprint density at radius 1 is 1.10 bits per heavy atom. The van der Waals surface area contributed by atoms with Gasteiger partial charge in [-0.25, -0.2) is 4.98 Å². The lowest BCUT2D eigenvalue weighted by atomic mass is 10.1. The van der Waals surface area contributed by atoms with E-state index in [2.05, 4.69) is 10.1 Å². The lowest BCUT2D eigenvalue weighted by molar-refractivity contribution is -0.137. The predicted octanol–water partition coefficient (Wildman–Crippen LogP) is 4.64. The molecule has 1 heterocycles. The first-order valence-electron chi connectivity index (χ1n) is 9.30. The number of nitrogens with zero attached hydrogens (tertiary/aromatic N) is 3. The maximum absolute atomic E-state index is 12.6. The van der Waals surface area contributed by atoms with Crippen LogP contribution in [0.2, 0.25) is 0 Å². The van der Waals surface area contributed by atoms with Crippen LogP contribution in [0.15, 0.2) is 66.1 Å². The second-order valence-electron chi connectivity index (χ2n) is 6.74. The Kier molecular flexibility index (Phi) is 6.74. The minimum atomic E-state index is -4.37. The molecule has 0 bridgehead atoms. The third kappa shape index (κ3) is 5.94. The number of ketones is 1. The number of Topliss-reactive ketones (excluding diaryl/α,β-unsaturated/α-hetero) is 1. The fourth-order valence-electron chi connectivity index (χ4n) is 2.69. The fourth-order valence-corrected chi connectivity index (χ4v) is 2.69. The highest BCUT2D eigenvalue weighted by molar-refractivity contribution is 5.98. The molecule has 3 rings (SSSR count). The van der Waals surface area contributed by atoms with Crippen LogP contribution in [0.3, 0.4) is 0 Å². The van der Waals surface area contributed by atoms with Crippen LogP contribution in [0.1, 0.15) is 34.2 Å². The van der Waals surface area contributed by atoms with E-state index in [0.29, 0.717) is 22.8 Å². The van der Waals surface area contributed by atoms with E-state index in [4.69, 9.17) is 9.57 Å². The minimum absolute atomic E-state index is 0.0476. The first-order valence-corrected chi connectivity index (χ1v) is 9.30. The molecule has 3 aromatic rings. The molecule has 0 aliphatic heterocycles. The lowest BCUT2D eigenvalue weighted by Gasteiger charge is -2.08. The van der Waals surface area contributed by atoms with Crippen molar-refractivity contribution in [1.82, 2.24) is 9.55 Å². The second kappa shape index (κ2) is 9.46. The van der Waals surface area contributed by atoms with E-state index in [9.17, 15) is 18.0 Å². The molecule has 0 unspecified atom stereocenters. The molecule has 0 atom stereocenters. The largest absolute Gasteiger partial charge is 0.485 e. The van der Waals surface area contributed by atoms with Crippen LogP contribution in [0.4, 0.5) is 13.2 Å². The van der Waals surface area contributed by atoms with E-state index < -0.39 is 11.7 Å². The number of imidazole rings is 1. The van der Waals surface area contributed by atoms with Gasteiger partial charge in [0.2, 0.25) is 5.78 Å². The number of carbonyl (C=O) groups excluding carboxylic acids is 1. The quantitative estimate of drug-likeness (QED) is 0.296. The number of aryl methyl sites for hydroxylation is 1. The van der Waals surface area contributed by atoms with Gasteiger partial charge in [0.25, 0.3) is 0 Å². The van der Waals surface area contributed by atoms with Crippen molar-refractivity contribution in [2.24, 2.45) is 12.2 Å². The molecule has 0 saturated carbocycles. The average molecular weight is 431 g/mol. The van der Waals surface area contributed by atoms with Crippen molar-refractivity contribution in [3.63, 3.8) is 0 Å². The summed E-state index contributed by atoms with van der Waals surface area (Å²) in [6.07, 6.45) is -1.14. The van der Waals surface area contributed by atoms with Gasteiger partial charge in [-0.3, -0.25) is 4.79 Å². The first kappa shape index (κ1) is 22.1. The van der Waals surface area contributed by atoms with Crippen LogP contribution in [0, 0.1) is 0 Å². The van der Waals surface area contributed by atoms with Crippen LogP contribution in [-0.4, -0.2) is 27.7 Å². The van der Waals surface area contributed by atoms with Gasteiger partial charge in [0.1, 0.15) is 12.4 Å². The van der Waals surface area contributed by atoms with Gasteiger partial charge < -0.3 is 14.1 Å². The molecular weight excluding hydrogens is 411 g/mol. The van der Waals surface area contributed by atoms with Gasteiger partial charge in [-0.1, -0.05) is 17.3 Å². The summed E-state index contributed by atoms with van der Waals surface area (Å²) in [5.74, 6) is 0.612. The van der Waals surface area contributed by atoms with E-state index >= 15 is 0 Å². The SMILES string of the molecule is C/C(=N\OCc1ccc(C(F)(F)F)cc1)c1ccc(OCC(=O)c2nccn2C)cc1. The van der Waals surface area contributed by atoms with Crippen LogP contribution in [-0.2, 0) is 24.7 Å². The van der Waals surface area contributed by atoms with Crippen molar-refractivity contribution in [1.29, 1.82) is 0 Å². The summed E-state index contributed by atoms with van der Waals surface area (Å²) in [6, 6.07) is 11.7. The van der Waals surface area contributed by atoms with Gasteiger partial charge in [0, 0.05) is 19.4 Å². The molecule has 0 N–H and O–H groups in total. The summed E-state index contributed by atoms with van der Waals surface area (Å²) in [6.45, 7) is 1.66. The Bertz CT molecular complexity index is 1060. The summed E-state index contributed by atoms with van der Waals surface area (Å²) in [7, 11) is 1.73. The Hall–Kier alpha value is -3.62. The van der Waals surface area contributed by atoms with Crippen molar-refractivity contribution in [3.05, 3.63) is 83.4 Å². The Labute approximate surface area is 176 Å². The minimum Gasteiger partial charge on any atom is -0.485 e. The van der Waals surface area contributed by atoms with E-state index in [1.54, 1.807) is 55.2 Å². The monoisotopic (exact) mass is 431 g/mol. The number of alkyl halides is 3. The number of aromatic nitrogens is 2. The van der Waals surface area contributed by atoms with Gasteiger partial charge >= 0.3 is 6.18 Å². The molecule has 6 nitrogen and oxygen atoms in total. The predicted molar refractivity (Wildman–Crippen MR) is 108 cm³/mol. The third-order valence-corrected chi connectivity index (χ3v) is 4.43. The zero-order valence-electron chi connectivity index (χ0n) is 16.9. The van der Waals surface area contributed by atoms with Crippen LogP contribution in [0.25, 0.3) is 0 Å². The smallest absolute Gasteiger partial charge is 0.416 e. The zero-order chi connectivity index (χ0) is 22.4. The highest BCUT2D eigenvalue weighted by Crippen LogP contribution is 2.29. The highest BCUT2D eigenvalue weighted by atomic mass is 19.4. The zero-order valence-corrected chi connectivity index (χ0v) is 16.9. The second-order valence-corrected chi connectivity index (χ2v) is 6.74. The van der Waals surface area contributed by atoms with Gasteiger partial charge in [-0.2, -0.15) is 13.2 Å². The summed E-state index contributed by atoms with van der Waals surface area (Å²) >= 11 is 0. The molecule has 0 spiro atoms. The fraction of sp³-hybridized carbons (Fsp3) is 0.227. The number of ether oxygens (including phenoxy) is 1. The molecular formula is C22H20F3N3O3. The van der Waals surface area contributed by atoms with Gasteiger partial charge in [0.15, 0.2) is 12.4 Å². The molecule has 2 aromatic carbocycles. The molecule has 1 aromatic heterocycles. The van der Waals surface area contributed by atoms with Crippen molar-refractivity contribution in [3.8, 4) is 5.75 Å². The maximum Gasteiger partial charge on any atom is 0.416 e.